The number of nitrogens with one attached hydrogen (secondary N) is 2. The first kappa shape index (κ1) is 14.9. The number of amides is 1. The summed E-state index contributed by atoms with van der Waals surface area (Å²) < 4.78 is 0. The van der Waals surface area contributed by atoms with Crippen LogP contribution in [-0.4, -0.2) is 36.2 Å². The zero-order chi connectivity index (χ0) is 12.6. The molecule has 0 radical (unpaired) electrons. The number of aliphatic hydroxyl groups excluding tert-OH is 1. The maximum absolute atomic E-state index is 11.4. The van der Waals surface area contributed by atoms with Gasteiger partial charge >= 0.3 is 0 Å². The fourth-order valence-electron chi connectivity index (χ4n) is 1.32. The van der Waals surface area contributed by atoms with Gasteiger partial charge in [-0.05, 0) is 19.3 Å². The van der Waals surface area contributed by atoms with E-state index in [2.05, 4.69) is 16.6 Å². The van der Waals surface area contributed by atoms with E-state index in [0.29, 0.717) is 12.5 Å². The Morgan fingerprint density at radius 1 is 1.44 bits per heavy atom. The molecule has 2 atom stereocenters. The maximum Gasteiger partial charge on any atom is 0.237 e. The van der Waals surface area contributed by atoms with Gasteiger partial charge in [-0.25, -0.2) is 0 Å². The van der Waals surface area contributed by atoms with E-state index in [9.17, 15) is 9.90 Å². The molecule has 0 rings (SSSR count). The molecule has 0 aliphatic carbocycles. The van der Waals surface area contributed by atoms with E-state index in [0.717, 1.165) is 6.42 Å². The van der Waals surface area contributed by atoms with E-state index in [1.54, 1.807) is 6.92 Å². The Bertz CT molecular complexity index is 246. The summed E-state index contributed by atoms with van der Waals surface area (Å²) in [4.78, 5) is 11.4. The van der Waals surface area contributed by atoms with Crippen LogP contribution in [-0.2, 0) is 4.79 Å². The number of rotatable bonds is 7. The van der Waals surface area contributed by atoms with Crippen molar-refractivity contribution in [3.8, 4) is 12.3 Å². The van der Waals surface area contributed by atoms with Crippen LogP contribution in [0.5, 0.6) is 0 Å². The third-order valence-corrected chi connectivity index (χ3v) is 2.16. The quantitative estimate of drug-likeness (QED) is 0.540. The Morgan fingerprint density at radius 2 is 2.06 bits per heavy atom. The number of hydrogen-bond acceptors (Lipinski definition) is 3. The molecular weight excluding hydrogens is 204 g/mol. The molecule has 0 fully saturated rings. The van der Waals surface area contributed by atoms with Crippen molar-refractivity contribution in [3.05, 3.63) is 0 Å². The molecule has 0 saturated carbocycles. The molecule has 0 aromatic carbocycles. The van der Waals surface area contributed by atoms with Gasteiger partial charge in [-0.15, -0.1) is 6.42 Å². The summed E-state index contributed by atoms with van der Waals surface area (Å²) in [5, 5.41) is 15.1. The van der Waals surface area contributed by atoms with Crippen molar-refractivity contribution < 1.29 is 9.90 Å². The van der Waals surface area contributed by atoms with Crippen LogP contribution in [0.4, 0.5) is 0 Å². The summed E-state index contributed by atoms with van der Waals surface area (Å²) in [6, 6.07) is -0.338. The molecular formula is C12H22N2O2. The van der Waals surface area contributed by atoms with Gasteiger partial charge in [0.05, 0.1) is 18.7 Å². The zero-order valence-electron chi connectivity index (χ0n) is 10.3. The molecule has 0 aliphatic heterocycles. The molecule has 0 aliphatic rings. The van der Waals surface area contributed by atoms with Crippen LogP contribution in [0.2, 0.25) is 0 Å². The van der Waals surface area contributed by atoms with E-state index in [1.165, 1.54) is 0 Å². The average molecular weight is 226 g/mol. The van der Waals surface area contributed by atoms with Crippen molar-refractivity contribution in [2.24, 2.45) is 5.92 Å². The third-order valence-electron chi connectivity index (χ3n) is 2.16. The molecule has 0 spiro atoms. The first-order valence-corrected chi connectivity index (χ1v) is 5.60. The molecule has 4 nitrogen and oxygen atoms in total. The highest BCUT2D eigenvalue weighted by atomic mass is 16.3. The molecule has 0 bridgehead atoms. The van der Waals surface area contributed by atoms with Gasteiger partial charge < -0.3 is 15.7 Å². The number of hydrogen-bond donors (Lipinski definition) is 3. The lowest BCUT2D eigenvalue weighted by Crippen LogP contribution is -2.45. The van der Waals surface area contributed by atoms with E-state index in [4.69, 9.17) is 6.42 Å². The van der Waals surface area contributed by atoms with E-state index >= 15 is 0 Å². The summed E-state index contributed by atoms with van der Waals surface area (Å²) in [7, 11) is 0. The van der Waals surface area contributed by atoms with Crippen LogP contribution in [0.15, 0.2) is 0 Å². The van der Waals surface area contributed by atoms with E-state index in [1.807, 2.05) is 13.8 Å². The fourth-order valence-corrected chi connectivity index (χ4v) is 1.32. The van der Waals surface area contributed by atoms with Crippen LogP contribution < -0.4 is 10.6 Å². The minimum absolute atomic E-state index is 0.144. The Hall–Kier alpha value is -1.05. The Kier molecular flexibility index (Phi) is 7.61. The molecule has 16 heavy (non-hydrogen) atoms. The first-order chi connectivity index (χ1) is 7.47. The predicted molar refractivity (Wildman–Crippen MR) is 64.8 cm³/mol. The second-order valence-electron chi connectivity index (χ2n) is 4.34. The van der Waals surface area contributed by atoms with Crippen molar-refractivity contribution >= 4 is 5.91 Å². The monoisotopic (exact) mass is 226 g/mol. The molecule has 0 saturated heterocycles. The summed E-state index contributed by atoms with van der Waals surface area (Å²) in [6.45, 7) is 6.49. The molecule has 92 valence electrons. The standard InChI is InChI=1S/C12H22N2O2/c1-5-6-13-12(16)10(4)14-8-11(15)7-9(2)3/h1,9-11,14-15H,6-8H2,2-4H3,(H,13,16). The molecule has 4 heteroatoms. The highest BCUT2D eigenvalue weighted by Gasteiger charge is 2.13. The first-order valence-electron chi connectivity index (χ1n) is 5.60. The topological polar surface area (TPSA) is 61.4 Å². The lowest BCUT2D eigenvalue weighted by atomic mass is 10.1. The minimum Gasteiger partial charge on any atom is -0.392 e. The van der Waals surface area contributed by atoms with Crippen LogP contribution >= 0.6 is 0 Å². The van der Waals surface area contributed by atoms with Crippen LogP contribution in [0.3, 0.4) is 0 Å². The van der Waals surface area contributed by atoms with Crippen molar-refractivity contribution in [2.75, 3.05) is 13.1 Å². The number of carbonyl (C=O) groups excluding carboxylic acids is 1. The lowest BCUT2D eigenvalue weighted by molar-refractivity contribution is -0.122. The van der Waals surface area contributed by atoms with Crippen molar-refractivity contribution in [1.82, 2.24) is 10.6 Å². The van der Waals surface area contributed by atoms with E-state index in [-0.39, 0.29) is 18.5 Å². The van der Waals surface area contributed by atoms with Crippen molar-refractivity contribution in [1.29, 1.82) is 0 Å². The lowest BCUT2D eigenvalue weighted by Gasteiger charge is -2.17. The summed E-state index contributed by atoms with van der Waals surface area (Å²) in [5.41, 5.74) is 0. The molecule has 1 amide bonds. The smallest absolute Gasteiger partial charge is 0.237 e. The summed E-state index contributed by atoms with van der Waals surface area (Å²) >= 11 is 0. The van der Waals surface area contributed by atoms with Gasteiger partial charge in [-0.2, -0.15) is 0 Å². The van der Waals surface area contributed by atoms with Gasteiger partial charge in [-0.3, -0.25) is 4.79 Å². The van der Waals surface area contributed by atoms with Gasteiger partial charge in [0.1, 0.15) is 0 Å². The number of aliphatic hydroxyl groups is 1. The molecule has 0 aromatic heterocycles. The summed E-state index contributed by atoms with van der Waals surface area (Å²) in [6.07, 6.45) is 5.34. The molecule has 0 aromatic rings. The van der Waals surface area contributed by atoms with Crippen molar-refractivity contribution in [3.63, 3.8) is 0 Å². The Balaban J connectivity index is 3.75. The predicted octanol–water partition coefficient (Wildman–Crippen LogP) is 0.121. The SMILES string of the molecule is C#CCNC(=O)C(C)NCC(O)CC(C)C. The second kappa shape index (κ2) is 8.14. The van der Waals surface area contributed by atoms with Gasteiger partial charge in [0.25, 0.3) is 0 Å². The van der Waals surface area contributed by atoms with Crippen LogP contribution in [0, 0.1) is 18.3 Å². The van der Waals surface area contributed by atoms with Crippen molar-refractivity contribution in [2.45, 2.75) is 39.3 Å². The number of carbonyl (C=O) groups is 1. The molecule has 0 heterocycles. The largest absolute Gasteiger partial charge is 0.392 e. The normalized spacial score (nSPS) is 14.2. The highest BCUT2D eigenvalue weighted by molar-refractivity contribution is 5.81. The molecule has 2 unspecified atom stereocenters. The van der Waals surface area contributed by atoms with Gasteiger partial charge in [-0.1, -0.05) is 19.8 Å². The van der Waals surface area contributed by atoms with Gasteiger partial charge in [0, 0.05) is 6.54 Å². The second-order valence-corrected chi connectivity index (χ2v) is 4.34. The third kappa shape index (κ3) is 7.27. The Labute approximate surface area is 97.8 Å². The number of terminal acetylenes is 1. The summed E-state index contributed by atoms with van der Waals surface area (Å²) in [5.74, 6) is 2.64. The van der Waals surface area contributed by atoms with Gasteiger partial charge in [0.15, 0.2) is 0 Å². The molecule has 3 N–H and O–H groups in total. The minimum atomic E-state index is -0.414. The van der Waals surface area contributed by atoms with Crippen LogP contribution in [0.25, 0.3) is 0 Å². The fraction of sp³-hybridized carbons (Fsp3) is 0.750. The zero-order valence-corrected chi connectivity index (χ0v) is 10.3. The van der Waals surface area contributed by atoms with E-state index < -0.39 is 6.10 Å². The van der Waals surface area contributed by atoms with Gasteiger partial charge in [0.2, 0.25) is 5.91 Å². The average Bonchev–Trinajstić information content (AvgIpc) is 2.21. The van der Waals surface area contributed by atoms with Crippen LogP contribution in [0.1, 0.15) is 27.2 Å². The highest BCUT2D eigenvalue weighted by Crippen LogP contribution is 2.03. The Morgan fingerprint density at radius 3 is 2.56 bits per heavy atom. The maximum atomic E-state index is 11.4.